The van der Waals surface area contributed by atoms with Crippen LogP contribution in [0.4, 0.5) is 16.2 Å². The molecule has 18 heavy (non-hydrogen) atoms. The Labute approximate surface area is 105 Å². The molecule has 1 fully saturated rings. The lowest BCUT2D eigenvalue weighted by molar-refractivity contribution is -0.126. The summed E-state index contributed by atoms with van der Waals surface area (Å²) in [4.78, 5) is 21.4. The minimum atomic E-state index is -0.835. The Morgan fingerprint density at radius 1 is 1.56 bits per heavy atom. The van der Waals surface area contributed by atoms with Crippen molar-refractivity contribution >= 4 is 17.7 Å². The van der Waals surface area contributed by atoms with Crippen molar-refractivity contribution in [1.82, 2.24) is 15.3 Å². The molecule has 0 unspecified atom stereocenters. The predicted molar refractivity (Wildman–Crippen MR) is 66.0 cm³/mol. The Balaban J connectivity index is 2.43. The Kier molecular flexibility index (Phi) is 3.06. The number of anilines is 2. The van der Waals surface area contributed by atoms with Crippen molar-refractivity contribution in [3.8, 4) is 0 Å². The molecule has 1 aliphatic rings. The molecule has 0 saturated carbocycles. The van der Waals surface area contributed by atoms with E-state index in [1.165, 1.54) is 0 Å². The van der Waals surface area contributed by atoms with Crippen molar-refractivity contribution in [1.29, 1.82) is 0 Å². The van der Waals surface area contributed by atoms with Crippen LogP contribution in [0.15, 0.2) is 6.20 Å². The topological polar surface area (TPSA) is 70.2 Å². The van der Waals surface area contributed by atoms with Gasteiger partial charge in [-0.15, -0.1) is 0 Å². The minimum Gasteiger partial charge on any atom is -0.357 e. The molecule has 0 bridgehead atoms. The van der Waals surface area contributed by atoms with E-state index in [0.717, 1.165) is 6.20 Å². The monoisotopic (exact) mass is 253 g/mol. The summed E-state index contributed by atoms with van der Waals surface area (Å²) in [5.74, 6) is -0.197. The van der Waals surface area contributed by atoms with Gasteiger partial charge in [-0.2, -0.15) is 4.98 Å². The second kappa shape index (κ2) is 4.40. The van der Waals surface area contributed by atoms with Gasteiger partial charge in [0.1, 0.15) is 5.54 Å². The molecular weight excluding hydrogens is 237 g/mol. The summed E-state index contributed by atoms with van der Waals surface area (Å²) in [6.07, 6.45) is 1.11. The summed E-state index contributed by atoms with van der Waals surface area (Å²) in [7, 11) is 1.66. The molecule has 6 nitrogen and oxygen atoms in total. The molecule has 1 aromatic heterocycles. The largest absolute Gasteiger partial charge is 0.357 e. The van der Waals surface area contributed by atoms with Gasteiger partial charge in [0, 0.05) is 20.1 Å². The fourth-order valence-corrected chi connectivity index (χ4v) is 1.94. The first-order chi connectivity index (χ1) is 8.46. The highest BCUT2D eigenvalue weighted by Gasteiger charge is 2.39. The number of halogens is 1. The van der Waals surface area contributed by atoms with Crippen LogP contribution in [0.3, 0.4) is 0 Å². The standard InChI is InChI=1S/C11H16FN5O/c1-11(2)9(18)14-4-5-17(11)8-7(12)6-15-10(13-3)16-8/h6H,4-5H2,1-3H3,(H,14,18)(H,13,15,16). The molecule has 0 radical (unpaired) electrons. The second-order valence-corrected chi connectivity index (χ2v) is 4.58. The third kappa shape index (κ3) is 1.96. The molecule has 7 heteroatoms. The summed E-state index contributed by atoms with van der Waals surface area (Å²) in [5, 5.41) is 5.51. The van der Waals surface area contributed by atoms with Crippen molar-refractivity contribution in [3.05, 3.63) is 12.0 Å². The molecule has 1 aromatic rings. The van der Waals surface area contributed by atoms with Gasteiger partial charge >= 0.3 is 0 Å². The van der Waals surface area contributed by atoms with Gasteiger partial charge in [-0.25, -0.2) is 9.37 Å². The van der Waals surface area contributed by atoms with Crippen LogP contribution in [0, 0.1) is 5.82 Å². The maximum atomic E-state index is 13.8. The lowest BCUT2D eigenvalue weighted by atomic mass is 9.99. The number of aromatic nitrogens is 2. The number of nitrogens with one attached hydrogen (secondary N) is 2. The van der Waals surface area contributed by atoms with E-state index in [1.54, 1.807) is 25.8 Å². The van der Waals surface area contributed by atoms with Gasteiger partial charge < -0.3 is 15.5 Å². The summed E-state index contributed by atoms with van der Waals surface area (Å²) in [6.45, 7) is 4.46. The van der Waals surface area contributed by atoms with Crippen LogP contribution in [0.2, 0.25) is 0 Å². The van der Waals surface area contributed by atoms with Crippen LogP contribution in [-0.2, 0) is 4.79 Å². The smallest absolute Gasteiger partial charge is 0.245 e. The number of amides is 1. The second-order valence-electron chi connectivity index (χ2n) is 4.58. The van der Waals surface area contributed by atoms with E-state index < -0.39 is 11.4 Å². The van der Waals surface area contributed by atoms with Crippen LogP contribution < -0.4 is 15.5 Å². The molecule has 98 valence electrons. The highest BCUT2D eigenvalue weighted by atomic mass is 19.1. The van der Waals surface area contributed by atoms with Crippen molar-refractivity contribution in [2.75, 3.05) is 30.4 Å². The Morgan fingerprint density at radius 3 is 2.94 bits per heavy atom. The molecule has 0 aromatic carbocycles. The average molecular weight is 253 g/mol. The van der Waals surface area contributed by atoms with E-state index >= 15 is 0 Å². The predicted octanol–water partition coefficient (Wildman–Crippen LogP) is 0.372. The zero-order chi connectivity index (χ0) is 13.3. The molecule has 2 rings (SSSR count). The van der Waals surface area contributed by atoms with Gasteiger partial charge in [0.05, 0.1) is 6.20 Å². The average Bonchev–Trinajstić information content (AvgIpc) is 2.34. The Bertz CT molecular complexity index is 477. The fourth-order valence-electron chi connectivity index (χ4n) is 1.94. The number of hydrogen-bond acceptors (Lipinski definition) is 5. The van der Waals surface area contributed by atoms with E-state index in [-0.39, 0.29) is 11.7 Å². The van der Waals surface area contributed by atoms with E-state index in [2.05, 4.69) is 20.6 Å². The molecule has 1 aliphatic heterocycles. The lowest BCUT2D eigenvalue weighted by Gasteiger charge is -2.41. The molecule has 1 amide bonds. The number of hydrogen-bond donors (Lipinski definition) is 2. The summed E-state index contributed by atoms with van der Waals surface area (Å²) >= 11 is 0. The van der Waals surface area contributed by atoms with Gasteiger partial charge in [0.2, 0.25) is 11.9 Å². The van der Waals surface area contributed by atoms with Crippen LogP contribution >= 0.6 is 0 Å². The molecule has 2 N–H and O–H groups in total. The molecule has 0 atom stereocenters. The van der Waals surface area contributed by atoms with Crippen molar-refractivity contribution < 1.29 is 9.18 Å². The van der Waals surface area contributed by atoms with Gasteiger partial charge in [-0.3, -0.25) is 4.79 Å². The summed E-state index contributed by atoms with van der Waals surface area (Å²) in [5.41, 5.74) is -0.835. The summed E-state index contributed by atoms with van der Waals surface area (Å²) < 4.78 is 13.8. The molecule has 0 spiro atoms. The van der Waals surface area contributed by atoms with Crippen molar-refractivity contribution in [2.24, 2.45) is 0 Å². The summed E-state index contributed by atoms with van der Waals surface area (Å²) in [6, 6.07) is 0. The first-order valence-electron chi connectivity index (χ1n) is 5.73. The third-order valence-electron chi connectivity index (χ3n) is 3.06. The lowest BCUT2D eigenvalue weighted by Crippen LogP contribution is -2.62. The number of rotatable bonds is 2. The zero-order valence-corrected chi connectivity index (χ0v) is 10.6. The molecule has 0 aliphatic carbocycles. The first kappa shape index (κ1) is 12.5. The highest BCUT2D eigenvalue weighted by molar-refractivity contribution is 5.90. The van der Waals surface area contributed by atoms with Crippen LogP contribution in [-0.4, -0.2) is 41.6 Å². The van der Waals surface area contributed by atoms with E-state index in [4.69, 9.17) is 0 Å². The zero-order valence-electron chi connectivity index (χ0n) is 10.6. The van der Waals surface area contributed by atoms with Gasteiger partial charge in [0.15, 0.2) is 11.6 Å². The quantitative estimate of drug-likeness (QED) is 0.797. The van der Waals surface area contributed by atoms with E-state index in [1.807, 2.05) is 0 Å². The van der Waals surface area contributed by atoms with E-state index in [9.17, 15) is 9.18 Å². The third-order valence-corrected chi connectivity index (χ3v) is 3.06. The first-order valence-corrected chi connectivity index (χ1v) is 5.73. The Morgan fingerprint density at radius 2 is 2.28 bits per heavy atom. The van der Waals surface area contributed by atoms with Crippen LogP contribution in [0.5, 0.6) is 0 Å². The minimum absolute atomic E-state index is 0.141. The fraction of sp³-hybridized carbons (Fsp3) is 0.545. The maximum Gasteiger partial charge on any atom is 0.245 e. The van der Waals surface area contributed by atoms with Crippen molar-refractivity contribution in [3.63, 3.8) is 0 Å². The normalized spacial score (nSPS) is 18.4. The molecular formula is C11H16FN5O. The molecule has 2 heterocycles. The van der Waals surface area contributed by atoms with Gasteiger partial charge in [-0.1, -0.05) is 0 Å². The van der Waals surface area contributed by atoms with Crippen LogP contribution in [0.1, 0.15) is 13.8 Å². The van der Waals surface area contributed by atoms with Gasteiger partial charge in [0.25, 0.3) is 0 Å². The number of carbonyl (C=O) groups is 1. The van der Waals surface area contributed by atoms with Crippen molar-refractivity contribution in [2.45, 2.75) is 19.4 Å². The maximum absolute atomic E-state index is 13.8. The number of nitrogens with zero attached hydrogens (tertiary/aromatic N) is 3. The number of carbonyl (C=O) groups excluding carboxylic acids is 1. The van der Waals surface area contributed by atoms with Crippen LogP contribution in [0.25, 0.3) is 0 Å². The Hall–Kier alpha value is -1.92. The van der Waals surface area contributed by atoms with E-state index in [0.29, 0.717) is 19.0 Å². The SMILES string of the molecule is CNc1ncc(F)c(N2CCNC(=O)C2(C)C)n1. The molecule has 1 saturated heterocycles. The number of piperazine rings is 1. The highest BCUT2D eigenvalue weighted by Crippen LogP contribution is 2.27. The van der Waals surface area contributed by atoms with Gasteiger partial charge in [-0.05, 0) is 13.8 Å².